The Labute approximate surface area is 124 Å². The van der Waals surface area contributed by atoms with Crippen LogP contribution in [0.3, 0.4) is 0 Å². The summed E-state index contributed by atoms with van der Waals surface area (Å²) < 4.78 is 5.10. The molecule has 0 bridgehead atoms. The number of hydrogen-bond donors (Lipinski definition) is 2. The van der Waals surface area contributed by atoms with Crippen LogP contribution in [0, 0.1) is 0 Å². The highest BCUT2D eigenvalue weighted by atomic mass is 16.5. The average molecular weight is 294 g/mol. The molecule has 0 aromatic carbocycles. The molecule has 0 spiro atoms. The van der Waals surface area contributed by atoms with E-state index in [1.165, 1.54) is 7.11 Å². The fourth-order valence-corrected chi connectivity index (χ4v) is 2.14. The predicted octanol–water partition coefficient (Wildman–Crippen LogP) is 0.735. The zero-order chi connectivity index (χ0) is 15.2. The van der Waals surface area contributed by atoms with Crippen LogP contribution >= 0.6 is 0 Å². The second kappa shape index (κ2) is 7.05. The minimum absolute atomic E-state index is 0.138. The minimum atomic E-state index is 0.138. The van der Waals surface area contributed by atoms with Crippen molar-refractivity contribution in [2.24, 2.45) is 0 Å². The van der Waals surface area contributed by atoms with Crippen LogP contribution in [0.4, 0.5) is 11.9 Å². The largest absolute Gasteiger partial charge is 0.467 e. The molecule has 0 aliphatic carbocycles. The van der Waals surface area contributed by atoms with Crippen molar-refractivity contribution in [3.05, 3.63) is 0 Å². The monoisotopic (exact) mass is 294 g/mol. The van der Waals surface area contributed by atoms with E-state index >= 15 is 0 Å². The molecule has 1 aromatic rings. The maximum Gasteiger partial charge on any atom is 0.322 e. The van der Waals surface area contributed by atoms with Crippen molar-refractivity contribution < 1.29 is 9.53 Å². The molecule has 2 rings (SSSR count). The third-order valence-electron chi connectivity index (χ3n) is 3.29. The maximum atomic E-state index is 11.5. The number of carbonyl (C=O) groups is 1. The van der Waals surface area contributed by atoms with Crippen molar-refractivity contribution in [3.8, 4) is 6.01 Å². The van der Waals surface area contributed by atoms with Gasteiger partial charge >= 0.3 is 6.01 Å². The summed E-state index contributed by atoms with van der Waals surface area (Å²) >= 11 is 0. The Morgan fingerprint density at radius 3 is 2.76 bits per heavy atom. The quantitative estimate of drug-likeness (QED) is 0.799. The first-order valence-electron chi connectivity index (χ1n) is 7.16. The summed E-state index contributed by atoms with van der Waals surface area (Å²) in [5, 5.41) is 6.36. The van der Waals surface area contributed by atoms with E-state index < -0.39 is 0 Å². The highest BCUT2D eigenvalue weighted by Crippen LogP contribution is 2.16. The van der Waals surface area contributed by atoms with Crippen LogP contribution in [0.5, 0.6) is 6.01 Å². The van der Waals surface area contributed by atoms with E-state index in [2.05, 4.69) is 32.5 Å². The highest BCUT2D eigenvalue weighted by molar-refractivity contribution is 5.76. The predicted molar refractivity (Wildman–Crippen MR) is 79.4 cm³/mol. The van der Waals surface area contributed by atoms with Gasteiger partial charge in [-0.25, -0.2) is 0 Å². The number of hydrogen-bond acceptors (Lipinski definition) is 7. The Bertz CT molecular complexity index is 496. The van der Waals surface area contributed by atoms with E-state index in [4.69, 9.17) is 4.74 Å². The fourth-order valence-electron chi connectivity index (χ4n) is 2.14. The van der Waals surface area contributed by atoms with Gasteiger partial charge in [0.05, 0.1) is 7.11 Å². The summed E-state index contributed by atoms with van der Waals surface area (Å²) in [5.41, 5.74) is 0. The number of aromatic nitrogens is 3. The van der Waals surface area contributed by atoms with Crippen molar-refractivity contribution in [3.63, 3.8) is 0 Å². The number of methoxy groups -OCH3 is 1. The summed E-state index contributed by atoms with van der Waals surface area (Å²) in [5.74, 6) is 1.13. The lowest BCUT2D eigenvalue weighted by molar-refractivity contribution is -0.132. The number of anilines is 2. The summed E-state index contributed by atoms with van der Waals surface area (Å²) in [6.07, 6.45) is 2.29. The molecule has 1 unspecified atom stereocenters. The first kappa shape index (κ1) is 15.3. The molecule has 1 amide bonds. The Kier molecular flexibility index (Phi) is 5.13. The van der Waals surface area contributed by atoms with Crippen molar-refractivity contribution in [1.29, 1.82) is 0 Å². The molecule has 1 aromatic heterocycles. The lowest BCUT2D eigenvalue weighted by atomic mass is 10.1. The van der Waals surface area contributed by atoms with Crippen molar-refractivity contribution in [2.75, 3.05) is 37.9 Å². The summed E-state index contributed by atoms with van der Waals surface area (Å²) in [6.45, 7) is 3.50. The fraction of sp³-hybridized carbons (Fsp3) is 0.692. The molecule has 1 aliphatic rings. The number of amides is 1. The summed E-state index contributed by atoms with van der Waals surface area (Å²) in [7, 11) is 3.33. The molecular formula is C13H22N6O2. The molecule has 1 atom stereocenters. The Morgan fingerprint density at radius 1 is 1.33 bits per heavy atom. The van der Waals surface area contributed by atoms with Gasteiger partial charge in [-0.05, 0) is 12.8 Å². The Balaban J connectivity index is 2.06. The van der Waals surface area contributed by atoms with Gasteiger partial charge in [-0.3, -0.25) is 4.79 Å². The van der Waals surface area contributed by atoms with Gasteiger partial charge in [0.1, 0.15) is 0 Å². The van der Waals surface area contributed by atoms with E-state index in [0.717, 1.165) is 19.4 Å². The zero-order valence-corrected chi connectivity index (χ0v) is 12.7. The first-order chi connectivity index (χ1) is 10.1. The van der Waals surface area contributed by atoms with Crippen molar-refractivity contribution in [2.45, 2.75) is 32.2 Å². The summed E-state index contributed by atoms with van der Waals surface area (Å²) in [6, 6.07) is 0.408. The number of likely N-dealkylation sites (tertiary alicyclic amines) is 1. The minimum Gasteiger partial charge on any atom is -0.467 e. The number of likely N-dealkylation sites (N-methyl/N-ethyl adjacent to an activating group) is 1. The molecule has 1 fully saturated rings. The van der Waals surface area contributed by atoms with Crippen molar-refractivity contribution in [1.82, 2.24) is 19.9 Å². The third kappa shape index (κ3) is 4.17. The van der Waals surface area contributed by atoms with Crippen LogP contribution in [0.25, 0.3) is 0 Å². The van der Waals surface area contributed by atoms with Gasteiger partial charge in [-0.15, -0.1) is 0 Å². The standard InChI is InChI=1S/C13H22N6O2/c1-4-7-14-11-16-12(18-13(17-11)21-3)15-9-5-6-10(20)19(2)8-9/h9H,4-8H2,1-3H3,(H2,14,15,16,17,18). The second-order valence-electron chi connectivity index (χ2n) is 5.05. The van der Waals surface area contributed by atoms with Crippen molar-refractivity contribution >= 4 is 17.8 Å². The smallest absolute Gasteiger partial charge is 0.322 e. The van der Waals surface area contributed by atoms with E-state index in [-0.39, 0.29) is 18.0 Å². The molecule has 0 radical (unpaired) electrons. The van der Waals surface area contributed by atoms with Crippen LogP contribution in [0.15, 0.2) is 0 Å². The highest BCUT2D eigenvalue weighted by Gasteiger charge is 2.23. The lowest BCUT2D eigenvalue weighted by Gasteiger charge is -2.30. The molecule has 0 saturated carbocycles. The first-order valence-corrected chi connectivity index (χ1v) is 7.16. The van der Waals surface area contributed by atoms with E-state index in [0.29, 0.717) is 24.9 Å². The van der Waals surface area contributed by atoms with Gasteiger partial charge in [0, 0.05) is 32.6 Å². The number of ether oxygens (including phenoxy) is 1. The second-order valence-corrected chi connectivity index (χ2v) is 5.05. The topological polar surface area (TPSA) is 92.3 Å². The van der Waals surface area contributed by atoms with E-state index in [1.807, 2.05) is 0 Å². The number of nitrogens with zero attached hydrogens (tertiary/aromatic N) is 4. The number of nitrogens with one attached hydrogen (secondary N) is 2. The number of rotatable bonds is 6. The van der Waals surface area contributed by atoms with Gasteiger partial charge in [-0.2, -0.15) is 15.0 Å². The zero-order valence-electron chi connectivity index (χ0n) is 12.7. The maximum absolute atomic E-state index is 11.5. The van der Waals surface area contributed by atoms with Crippen LogP contribution in [-0.4, -0.2) is 59.0 Å². The molecule has 21 heavy (non-hydrogen) atoms. The number of piperidine rings is 1. The average Bonchev–Trinajstić information content (AvgIpc) is 2.48. The molecule has 1 aliphatic heterocycles. The molecule has 1 saturated heterocycles. The molecule has 8 nitrogen and oxygen atoms in total. The van der Waals surface area contributed by atoms with E-state index in [9.17, 15) is 4.79 Å². The van der Waals surface area contributed by atoms with Crippen LogP contribution < -0.4 is 15.4 Å². The summed E-state index contributed by atoms with van der Waals surface area (Å²) in [4.78, 5) is 25.9. The van der Waals surface area contributed by atoms with Crippen LogP contribution in [0.2, 0.25) is 0 Å². The molecule has 2 heterocycles. The van der Waals surface area contributed by atoms with Gasteiger partial charge < -0.3 is 20.3 Å². The SMILES string of the molecule is CCCNc1nc(NC2CCC(=O)N(C)C2)nc(OC)n1. The van der Waals surface area contributed by atoms with Crippen LogP contribution in [0.1, 0.15) is 26.2 Å². The molecule has 2 N–H and O–H groups in total. The van der Waals surface area contributed by atoms with Gasteiger partial charge in [-0.1, -0.05) is 6.92 Å². The van der Waals surface area contributed by atoms with Crippen LogP contribution in [-0.2, 0) is 4.79 Å². The Morgan fingerprint density at radius 2 is 2.10 bits per heavy atom. The van der Waals surface area contributed by atoms with E-state index in [1.54, 1.807) is 11.9 Å². The third-order valence-corrected chi connectivity index (χ3v) is 3.29. The number of carbonyl (C=O) groups excluding carboxylic acids is 1. The Hall–Kier alpha value is -2.12. The normalized spacial score (nSPS) is 18.5. The van der Waals surface area contributed by atoms with Gasteiger partial charge in [0.2, 0.25) is 17.8 Å². The van der Waals surface area contributed by atoms with Gasteiger partial charge in [0.15, 0.2) is 0 Å². The molecular weight excluding hydrogens is 272 g/mol. The molecule has 116 valence electrons. The van der Waals surface area contributed by atoms with Gasteiger partial charge in [0.25, 0.3) is 0 Å². The molecule has 8 heteroatoms. The lowest BCUT2D eigenvalue weighted by Crippen LogP contribution is -2.43.